The van der Waals surface area contributed by atoms with Crippen LogP contribution in [0.2, 0.25) is 5.02 Å². The molecule has 114 valence electrons. The summed E-state index contributed by atoms with van der Waals surface area (Å²) >= 11 is 9.16. The number of methoxy groups -OCH3 is 1. The Morgan fingerprint density at radius 3 is 2.86 bits per heavy atom. The van der Waals surface area contributed by atoms with E-state index in [1.54, 1.807) is 24.3 Å². The van der Waals surface area contributed by atoms with Crippen LogP contribution in [0.25, 0.3) is 0 Å². The van der Waals surface area contributed by atoms with Gasteiger partial charge in [-0.2, -0.15) is 5.10 Å². The number of amides is 1. The van der Waals surface area contributed by atoms with Gasteiger partial charge in [-0.3, -0.25) is 4.79 Å². The van der Waals surface area contributed by atoms with Gasteiger partial charge >= 0.3 is 0 Å². The first-order valence-electron chi connectivity index (χ1n) is 6.16. The van der Waals surface area contributed by atoms with Gasteiger partial charge in [-0.25, -0.2) is 5.43 Å². The minimum Gasteiger partial charge on any atom is -0.503 e. The Kier molecular flexibility index (Phi) is 5.41. The van der Waals surface area contributed by atoms with E-state index in [1.165, 1.54) is 19.4 Å². The SMILES string of the molecule is COc1cc(C=NNC(=O)c2cccc(Br)c2)cc(Cl)c1O. The standard InChI is InChI=1S/C15H12BrClN2O3/c1-22-13-6-9(5-12(17)14(13)20)8-18-19-15(21)10-3-2-4-11(16)7-10/h2-8,20H,1H3,(H,19,21). The van der Waals surface area contributed by atoms with Gasteiger partial charge in [0, 0.05) is 10.0 Å². The van der Waals surface area contributed by atoms with Crippen LogP contribution < -0.4 is 10.2 Å². The lowest BCUT2D eigenvalue weighted by atomic mass is 10.2. The molecule has 0 aromatic heterocycles. The van der Waals surface area contributed by atoms with Gasteiger partial charge in [-0.1, -0.05) is 33.6 Å². The molecular weight excluding hydrogens is 372 g/mol. The summed E-state index contributed by atoms with van der Waals surface area (Å²) in [7, 11) is 1.42. The fourth-order valence-corrected chi connectivity index (χ4v) is 2.30. The van der Waals surface area contributed by atoms with E-state index < -0.39 is 0 Å². The van der Waals surface area contributed by atoms with Crippen molar-refractivity contribution in [3.8, 4) is 11.5 Å². The molecule has 0 unspecified atom stereocenters. The fourth-order valence-electron chi connectivity index (χ4n) is 1.68. The van der Waals surface area contributed by atoms with Crippen molar-refractivity contribution in [3.05, 3.63) is 57.0 Å². The Balaban J connectivity index is 2.10. The highest BCUT2D eigenvalue weighted by atomic mass is 79.9. The monoisotopic (exact) mass is 382 g/mol. The summed E-state index contributed by atoms with van der Waals surface area (Å²) in [4.78, 5) is 11.9. The molecule has 1 amide bonds. The molecule has 0 saturated heterocycles. The van der Waals surface area contributed by atoms with Crippen LogP contribution in [0.3, 0.4) is 0 Å². The number of carbonyl (C=O) groups excluding carboxylic acids is 1. The number of phenolic OH excluding ortho intramolecular Hbond substituents is 1. The molecule has 0 aliphatic carbocycles. The summed E-state index contributed by atoms with van der Waals surface area (Å²) in [5.74, 6) is -0.249. The third-order valence-corrected chi connectivity index (χ3v) is 3.52. The van der Waals surface area contributed by atoms with Crippen molar-refractivity contribution in [2.75, 3.05) is 7.11 Å². The lowest BCUT2D eigenvalue weighted by Gasteiger charge is -2.06. The van der Waals surface area contributed by atoms with Crippen molar-refractivity contribution in [1.29, 1.82) is 0 Å². The summed E-state index contributed by atoms with van der Waals surface area (Å²) in [6.07, 6.45) is 1.41. The molecule has 0 atom stereocenters. The Morgan fingerprint density at radius 1 is 1.41 bits per heavy atom. The molecule has 7 heteroatoms. The van der Waals surface area contributed by atoms with Gasteiger partial charge in [0.05, 0.1) is 18.3 Å². The number of phenols is 1. The Bertz CT molecular complexity index is 735. The van der Waals surface area contributed by atoms with E-state index in [9.17, 15) is 9.90 Å². The predicted molar refractivity (Wildman–Crippen MR) is 88.9 cm³/mol. The van der Waals surface area contributed by atoms with Crippen molar-refractivity contribution in [1.82, 2.24) is 5.43 Å². The second kappa shape index (κ2) is 7.29. The molecular formula is C15H12BrClN2O3. The molecule has 0 aliphatic heterocycles. The number of nitrogens with zero attached hydrogens (tertiary/aromatic N) is 1. The third-order valence-electron chi connectivity index (χ3n) is 2.74. The number of rotatable bonds is 4. The van der Waals surface area contributed by atoms with Gasteiger partial charge in [0.1, 0.15) is 0 Å². The van der Waals surface area contributed by atoms with E-state index in [4.69, 9.17) is 16.3 Å². The quantitative estimate of drug-likeness (QED) is 0.626. The van der Waals surface area contributed by atoms with Gasteiger partial charge < -0.3 is 9.84 Å². The van der Waals surface area contributed by atoms with Crippen LogP contribution >= 0.6 is 27.5 Å². The number of hydrazone groups is 1. The highest BCUT2D eigenvalue weighted by molar-refractivity contribution is 9.10. The predicted octanol–water partition coefficient (Wildman–Crippen LogP) is 3.58. The van der Waals surface area contributed by atoms with E-state index in [0.717, 1.165) is 4.47 Å². The van der Waals surface area contributed by atoms with Crippen molar-refractivity contribution >= 4 is 39.7 Å². The number of benzene rings is 2. The van der Waals surface area contributed by atoms with Crippen LogP contribution in [-0.2, 0) is 0 Å². The lowest BCUT2D eigenvalue weighted by Crippen LogP contribution is -2.17. The number of carbonyl (C=O) groups is 1. The maximum atomic E-state index is 11.9. The Hall–Kier alpha value is -2.05. The zero-order valence-corrected chi connectivity index (χ0v) is 13.9. The van der Waals surface area contributed by atoms with Crippen LogP contribution in [-0.4, -0.2) is 24.3 Å². The maximum Gasteiger partial charge on any atom is 0.271 e. The number of aromatic hydroxyl groups is 1. The largest absolute Gasteiger partial charge is 0.503 e. The zero-order chi connectivity index (χ0) is 16.1. The lowest BCUT2D eigenvalue weighted by molar-refractivity contribution is 0.0955. The number of halogens is 2. The smallest absolute Gasteiger partial charge is 0.271 e. The van der Waals surface area contributed by atoms with Crippen LogP contribution in [0, 0.1) is 0 Å². The number of hydrogen-bond acceptors (Lipinski definition) is 4. The van der Waals surface area contributed by atoms with Crippen LogP contribution in [0.5, 0.6) is 11.5 Å². The average molecular weight is 384 g/mol. The molecule has 0 heterocycles. The van der Waals surface area contributed by atoms with Crippen molar-refractivity contribution < 1.29 is 14.6 Å². The molecule has 5 nitrogen and oxygen atoms in total. The van der Waals surface area contributed by atoms with Crippen LogP contribution in [0.1, 0.15) is 15.9 Å². The van der Waals surface area contributed by atoms with Gasteiger partial charge in [0.15, 0.2) is 11.5 Å². The van der Waals surface area contributed by atoms with Crippen molar-refractivity contribution in [3.63, 3.8) is 0 Å². The summed E-state index contributed by atoms with van der Waals surface area (Å²) in [6, 6.07) is 10.0. The van der Waals surface area contributed by atoms with E-state index in [1.807, 2.05) is 6.07 Å². The molecule has 2 rings (SSSR count). The Morgan fingerprint density at radius 2 is 2.18 bits per heavy atom. The third kappa shape index (κ3) is 3.99. The fraction of sp³-hybridized carbons (Fsp3) is 0.0667. The van der Waals surface area contributed by atoms with Crippen LogP contribution in [0.4, 0.5) is 0 Å². The summed E-state index contributed by atoms with van der Waals surface area (Å²) in [6.45, 7) is 0. The zero-order valence-electron chi connectivity index (χ0n) is 11.5. The van der Waals surface area contributed by atoms with E-state index in [-0.39, 0.29) is 22.4 Å². The summed E-state index contributed by atoms with van der Waals surface area (Å²) in [5.41, 5.74) is 3.47. The second-order valence-corrected chi connectivity index (χ2v) is 5.59. The first-order chi connectivity index (χ1) is 10.5. The molecule has 0 spiro atoms. The van der Waals surface area contributed by atoms with E-state index >= 15 is 0 Å². The number of nitrogens with one attached hydrogen (secondary N) is 1. The minimum atomic E-state index is -0.339. The number of hydrogen-bond donors (Lipinski definition) is 2. The maximum absolute atomic E-state index is 11.9. The first kappa shape index (κ1) is 16.3. The van der Waals surface area contributed by atoms with Gasteiger partial charge in [-0.15, -0.1) is 0 Å². The molecule has 2 aromatic carbocycles. The topological polar surface area (TPSA) is 70.9 Å². The van der Waals surface area contributed by atoms with Gasteiger partial charge in [0.25, 0.3) is 5.91 Å². The molecule has 0 aliphatic rings. The average Bonchev–Trinajstić information content (AvgIpc) is 2.50. The van der Waals surface area contributed by atoms with Gasteiger partial charge in [0.2, 0.25) is 0 Å². The second-order valence-electron chi connectivity index (χ2n) is 4.26. The highest BCUT2D eigenvalue weighted by Crippen LogP contribution is 2.34. The molecule has 22 heavy (non-hydrogen) atoms. The summed E-state index contributed by atoms with van der Waals surface area (Å²) in [5, 5.41) is 13.6. The van der Waals surface area contributed by atoms with Crippen molar-refractivity contribution in [2.45, 2.75) is 0 Å². The molecule has 0 radical (unpaired) electrons. The molecule has 2 aromatic rings. The minimum absolute atomic E-state index is 0.138. The van der Waals surface area contributed by atoms with Gasteiger partial charge in [-0.05, 0) is 35.9 Å². The highest BCUT2D eigenvalue weighted by Gasteiger charge is 2.08. The molecule has 0 saturated carbocycles. The van der Waals surface area contributed by atoms with Crippen molar-refractivity contribution in [2.24, 2.45) is 5.10 Å². The van der Waals surface area contributed by atoms with E-state index in [0.29, 0.717) is 11.1 Å². The molecule has 0 fully saturated rings. The van der Waals surface area contributed by atoms with Crippen LogP contribution in [0.15, 0.2) is 46.0 Å². The normalized spacial score (nSPS) is 10.7. The number of ether oxygens (including phenoxy) is 1. The first-order valence-corrected chi connectivity index (χ1v) is 7.34. The Labute approximate surface area is 140 Å². The molecule has 0 bridgehead atoms. The summed E-state index contributed by atoms with van der Waals surface area (Å²) < 4.78 is 5.79. The molecule has 2 N–H and O–H groups in total. The van der Waals surface area contributed by atoms with E-state index in [2.05, 4.69) is 26.5 Å².